The minimum Gasteiger partial charge on any atom is -0.334 e. The fourth-order valence-electron chi connectivity index (χ4n) is 2.03. The SMILES string of the molecule is Nn1c(N/N=C/C=C/c2ccccc2)nnc1SCc1ccccc1. The van der Waals surface area contributed by atoms with Gasteiger partial charge in [0.2, 0.25) is 5.16 Å². The van der Waals surface area contributed by atoms with Crippen LogP contribution in [0.5, 0.6) is 0 Å². The zero-order chi connectivity index (χ0) is 17.3. The average molecular weight is 350 g/mol. The standard InChI is InChI=1S/C18H18N6S/c19-24-17(21-20-13-7-12-15-8-3-1-4-9-15)22-23-18(24)25-14-16-10-5-2-6-11-16/h1-13H,14,19H2,(H,21,22)/b12-7+,20-13+. The van der Waals surface area contributed by atoms with Gasteiger partial charge in [-0.3, -0.25) is 0 Å². The number of rotatable bonds is 7. The van der Waals surface area contributed by atoms with Gasteiger partial charge < -0.3 is 5.84 Å². The zero-order valence-corrected chi connectivity index (χ0v) is 14.3. The van der Waals surface area contributed by atoms with E-state index >= 15 is 0 Å². The minimum absolute atomic E-state index is 0.389. The quantitative estimate of drug-likeness (QED) is 0.295. The lowest BCUT2D eigenvalue weighted by atomic mass is 10.2. The van der Waals surface area contributed by atoms with Crippen molar-refractivity contribution < 1.29 is 0 Å². The van der Waals surface area contributed by atoms with Gasteiger partial charge in [-0.1, -0.05) is 78.5 Å². The maximum absolute atomic E-state index is 5.99. The Hall–Kier alpha value is -3.06. The van der Waals surface area contributed by atoms with Gasteiger partial charge in [0.1, 0.15) is 0 Å². The molecule has 3 aromatic rings. The summed E-state index contributed by atoms with van der Waals surface area (Å²) in [6.45, 7) is 0. The van der Waals surface area contributed by atoms with Crippen LogP contribution in [-0.2, 0) is 5.75 Å². The van der Waals surface area contributed by atoms with Crippen LogP contribution in [0.3, 0.4) is 0 Å². The van der Waals surface area contributed by atoms with Crippen molar-refractivity contribution in [2.45, 2.75) is 10.9 Å². The molecule has 0 fully saturated rings. The van der Waals surface area contributed by atoms with E-state index in [2.05, 4.69) is 32.9 Å². The van der Waals surface area contributed by atoms with Gasteiger partial charge >= 0.3 is 0 Å². The summed E-state index contributed by atoms with van der Waals surface area (Å²) in [6.07, 6.45) is 5.43. The van der Waals surface area contributed by atoms with E-state index in [0.29, 0.717) is 11.1 Å². The van der Waals surface area contributed by atoms with E-state index in [-0.39, 0.29) is 0 Å². The number of nitrogens with zero attached hydrogens (tertiary/aromatic N) is 4. The smallest absolute Gasteiger partial charge is 0.264 e. The number of nitrogen functional groups attached to an aromatic ring is 1. The summed E-state index contributed by atoms with van der Waals surface area (Å²) in [5.74, 6) is 7.16. The highest BCUT2D eigenvalue weighted by molar-refractivity contribution is 7.98. The number of benzene rings is 2. The first kappa shape index (κ1) is 16.8. The molecule has 3 rings (SSSR count). The lowest BCUT2D eigenvalue weighted by molar-refractivity contribution is 0.847. The van der Waals surface area contributed by atoms with Crippen molar-refractivity contribution in [3.05, 3.63) is 77.9 Å². The maximum Gasteiger partial charge on any atom is 0.264 e. The molecule has 1 heterocycles. The van der Waals surface area contributed by atoms with Gasteiger partial charge in [0.15, 0.2) is 0 Å². The number of nitrogens with one attached hydrogen (secondary N) is 1. The summed E-state index contributed by atoms with van der Waals surface area (Å²) in [7, 11) is 0. The Balaban J connectivity index is 1.52. The Morgan fingerprint density at radius 1 is 1.04 bits per heavy atom. The van der Waals surface area contributed by atoms with Crippen LogP contribution in [-0.4, -0.2) is 21.1 Å². The summed E-state index contributed by atoms with van der Waals surface area (Å²) in [5, 5.41) is 12.8. The molecule has 0 bridgehead atoms. The van der Waals surface area contributed by atoms with Gasteiger partial charge in [0.05, 0.1) is 0 Å². The lowest BCUT2D eigenvalue weighted by Gasteiger charge is -2.02. The summed E-state index contributed by atoms with van der Waals surface area (Å²) < 4.78 is 1.39. The van der Waals surface area contributed by atoms with E-state index in [1.54, 1.807) is 6.21 Å². The number of hydrogen-bond donors (Lipinski definition) is 2. The van der Waals surface area contributed by atoms with Gasteiger partial charge in [-0.15, -0.1) is 10.2 Å². The monoisotopic (exact) mass is 350 g/mol. The summed E-state index contributed by atoms with van der Waals surface area (Å²) in [5.41, 5.74) is 5.10. The van der Waals surface area contributed by atoms with Crippen molar-refractivity contribution in [3.8, 4) is 0 Å². The molecule has 0 unspecified atom stereocenters. The van der Waals surface area contributed by atoms with Crippen LogP contribution < -0.4 is 11.3 Å². The highest BCUT2D eigenvalue weighted by Crippen LogP contribution is 2.21. The number of thioether (sulfide) groups is 1. The normalized spacial score (nSPS) is 11.4. The second kappa shape index (κ2) is 8.70. The number of allylic oxidation sites excluding steroid dienone is 1. The summed E-state index contributed by atoms with van der Waals surface area (Å²) in [4.78, 5) is 0. The Morgan fingerprint density at radius 3 is 2.52 bits per heavy atom. The molecule has 0 aliphatic heterocycles. The average Bonchev–Trinajstić information content (AvgIpc) is 3.01. The first-order valence-corrected chi connectivity index (χ1v) is 8.69. The third kappa shape index (κ3) is 4.95. The van der Waals surface area contributed by atoms with Crippen molar-refractivity contribution in [2.75, 3.05) is 11.3 Å². The molecule has 3 N–H and O–H groups in total. The molecule has 1 aromatic heterocycles. The van der Waals surface area contributed by atoms with E-state index in [4.69, 9.17) is 5.84 Å². The number of anilines is 1. The second-order valence-corrected chi connectivity index (χ2v) is 6.05. The predicted molar refractivity (Wildman–Crippen MR) is 104 cm³/mol. The van der Waals surface area contributed by atoms with Crippen molar-refractivity contribution in [3.63, 3.8) is 0 Å². The highest BCUT2D eigenvalue weighted by atomic mass is 32.2. The van der Waals surface area contributed by atoms with Gasteiger partial charge in [-0.25, -0.2) is 10.1 Å². The Morgan fingerprint density at radius 2 is 1.76 bits per heavy atom. The van der Waals surface area contributed by atoms with E-state index in [9.17, 15) is 0 Å². The molecule has 126 valence electrons. The van der Waals surface area contributed by atoms with Crippen LogP contribution in [0, 0.1) is 0 Å². The molecule has 2 aromatic carbocycles. The molecule has 0 aliphatic rings. The zero-order valence-electron chi connectivity index (χ0n) is 13.5. The van der Waals surface area contributed by atoms with Gasteiger partial charge in [0.25, 0.3) is 5.95 Å². The lowest BCUT2D eigenvalue weighted by Crippen LogP contribution is -2.13. The molecule has 0 atom stereocenters. The number of hydrogen-bond acceptors (Lipinski definition) is 6. The van der Waals surface area contributed by atoms with Crippen LogP contribution in [0.15, 0.2) is 77.0 Å². The Bertz CT molecular complexity index is 843. The van der Waals surface area contributed by atoms with Gasteiger partial charge in [-0.05, 0) is 17.2 Å². The van der Waals surface area contributed by atoms with Crippen LogP contribution in [0.2, 0.25) is 0 Å². The number of aromatic nitrogens is 3. The van der Waals surface area contributed by atoms with Crippen LogP contribution in [0.25, 0.3) is 6.08 Å². The van der Waals surface area contributed by atoms with Crippen LogP contribution in [0.4, 0.5) is 5.95 Å². The van der Waals surface area contributed by atoms with Crippen molar-refractivity contribution >= 4 is 30.0 Å². The second-order valence-electron chi connectivity index (χ2n) is 5.11. The number of nitrogens with two attached hydrogens (primary N) is 1. The minimum atomic E-state index is 0.389. The molecule has 0 radical (unpaired) electrons. The van der Waals surface area contributed by atoms with Crippen LogP contribution in [0.1, 0.15) is 11.1 Å². The van der Waals surface area contributed by atoms with Crippen LogP contribution >= 0.6 is 11.8 Å². The predicted octanol–water partition coefficient (Wildman–Crippen LogP) is 3.40. The Kier molecular flexibility index (Phi) is 5.84. The van der Waals surface area contributed by atoms with Crippen molar-refractivity contribution in [1.29, 1.82) is 0 Å². The largest absolute Gasteiger partial charge is 0.334 e. The highest BCUT2D eigenvalue weighted by Gasteiger charge is 2.09. The molecule has 6 nitrogen and oxygen atoms in total. The molecule has 0 saturated carbocycles. The van der Waals surface area contributed by atoms with E-state index < -0.39 is 0 Å². The molecule has 25 heavy (non-hydrogen) atoms. The Labute approximate surface area is 150 Å². The molecule has 0 saturated heterocycles. The maximum atomic E-state index is 5.99. The fraction of sp³-hybridized carbons (Fsp3) is 0.0556. The molecular weight excluding hydrogens is 332 g/mol. The molecular formula is C18H18N6S. The molecule has 0 spiro atoms. The van der Waals surface area contributed by atoms with Crippen molar-refractivity contribution in [1.82, 2.24) is 14.9 Å². The third-order valence-corrected chi connectivity index (χ3v) is 4.30. The van der Waals surface area contributed by atoms with Crippen molar-refractivity contribution in [2.24, 2.45) is 5.10 Å². The van der Waals surface area contributed by atoms with E-state index in [1.807, 2.05) is 60.7 Å². The molecule has 7 heteroatoms. The fourth-order valence-corrected chi connectivity index (χ4v) is 2.84. The van der Waals surface area contributed by atoms with Gasteiger partial charge in [-0.2, -0.15) is 5.10 Å². The third-order valence-electron chi connectivity index (χ3n) is 3.29. The first-order valence-electron chi connectivity index (χ1n) is 7.71. The first-order chi connectivity index (χ1) is 12.3. The molecule has 0 amide bonds. The molecule has 0 aliphatic carbocycles. The van der Waals surface area contributed by atoms with E-state index in [0.717, 1.165) is 11.3 Å². The number of hydrazone groups is 1. The van der Waals surface area contributed by atoms with Gasteiger partial charge in [0, 0.05) is 12.0 Å². The summed E-state index contributed by atoms with van der Waals surface area (Å²) >= 11 is 1.52. The van der Waals surface area contributed by atoms with E-state index in [1.165, 1.54) is 22.0 Å². The topological polar surface area (TPSA) is 81.1 Å². The summed E-state index contributed by atoms with van der Waals surface area (Å²) in [6, 6.07) is 20.1.